The molecule has 11 heteroatoms. The predicted octanol–water partition coefficient (Wildman–Crippen LogP) is 2.31. The summed E-state index contributed by atoms with van der Waals surface area (Å²) in [5.41, 5.74) is 1.43. The molecule has 10 nitrogen and oxygen atoms in total. The van der Waals surface area contributed by atoms with Crippen molar-refractivity contribution in [1.29, 1.82) is 5.41 Å². The number of nitrogens with one attached hydrogen (secondary N) is 4. The largest absolute Gasteiger partial charge is 0.378 e. The second kappa shape index (κ2) is 9.79. The fourth-order valence-corrected chi connectivity index (χ4v) is 3.71. The minimum Gasteiger partial charge on any atom is -0.378 e. The molecule has 184 valence electrons. The van der Waals surface area contributed by atoms with Crippen LogP contribution in [-0.4, -0.2) is 75.8 Å². The number of nitrogens with zero attached hydrogens (tertiary/aromatic N) is 3. The molecule has 1 aliphatic heterocycles. The van der Waals surface area contributed by atoms with Gasteiger partial charge in [-0.3, -0.25) is 15.0 Å². The second-order valence-electron chi connectivity index (χ2n) is 9.27. The highest BCUT2D eigenvalue weighted by molar-refractivity contribution is 6.14. The molecule has 2 aromatic heterocycles. The van der Waals surface area contributed by atoms with E-state index in [1.54, 1.807) is 4.90 Å². The Morgan fingerprint density at radius 3 is 2.69 bits per heavy atom. The monoisotopic (exact) mass is 481 g/mol. The maximum atomic E-state index is 14.0. The number of hydrogen-bond acceptors (Lipinski definition) is 7. The fourth-order valence-electron chi connectivity index (χ4n) is 3.71. The van der Waals surface area contributed by atoms with Crippen LogP contribution in [0.15, 0.2) is 30.6 Å². The van der Waals surface area contributed by atoms with E-state index in [4.69, 9.17) is 10.1 Å². The first-order valence-corrected chi connectivity index (χ1v) is 11.3. The number of hydrogen-bond donors (Lipinski definition) is 4. The van der Waals surface area contributed by atoms with E-state index in [1.807, 2.05) is 20.8 Å². The van der Waals surface area contributed by atoms with Crippen molar-refractivity contribution in [2.24, 2.45) is 0 Å². The lowest BCUT2D eigenvalue weighted by molar-refractivity contribution is -0.133. The van der Waals surface area contributed by atoms with Crippen LogP contribution >= 0.6 is 0 Å². The van der Waals surface area contributed by atoms with Crippen LogP contribution in [0.2, 0.25) is 0 Å². The van der Waals surface area contributed by atoms with Gasteiger partial charge in [0.05, 0.1) is 37.2 Å². The molecule has 0 aliphatic carbocycles. The highest BCUT2D eigenvalue weighted by atomic mass is 19.1. The van der Waals surface area contributed by atoms with Crippen molar-refractivity contribution in [2.75, 3.05) is 38.2 Å². The summed E-state index contributed by atoms with van der Waals surface area (Å²) in [6.45, 7) is 7.55. The van der Waals surface area contributed by atoms with E-state index in [0.29, 0.717) is 54.3 Å². The van der Waals surface area contributed by atoms with E-state index in [2.05, 4.69) is 25.6 Å². The molecular weight excluding hydrogens is 453 g/mol. The molecule has 0 spiro atoms. The molecule has 1 aliphatic rings. The number of ether oxygens (including phenoxy) is 1. The maximum absolute atomic E-state index is 14.0. The number of morpholine rings is 1. The van der Waals surface area contributed by atoms with Crippen molar-refractivity contribution in [1.82, 2.24) is 25.2 Å². The molecule has 1 fully saturated rings. The summed E-state index contributed by atoms with van der Waals surface area (Å²) in [4.78, 5) is 38.6. The third kappa shape index (κ3) is 5.62. The highest BCUT2D eigenvalue weighted by Crippen LogP contribution is 2.22. The highest BCUT2D eigenvalue weighted by Gasteiger charge is 2.22. The number of halogens is 1. The number of H-pyrrole nitrogens is 1. The summed E-state index contributed by atoms with van der Waals surface area (Å²) < 4.78 is 19.3. The number of aromatic amines is 1. The Labute approximate surface area is 201 Å². The number of aromatic nitrogens is 3. The Hall–Kier alpha value is -3.86. The Balaban J connectivity index is 1.59. The maximum Gasteiger partial charge on any atom is 0.255 e. The van der Waals surface area contributed by atoms with Gasteiger partial charge in [-0.15, -0.1) is 0 Å². The molecule has 1 aromatic carbocycles. The zero-order valence-electron chi connectivity index (χ0n) is 19.9. The molecule has 3 aromatic rings. The molecule has 0 radical (unpaired) electrons. The van der Waals surface area contributed by atoms with E-state index in [1.165, 1.54) is 30.6 Å². The van der Waals surface area contributed by atoms with Crippen LogP contribution in [0.4, 0.5) is 10.1 Å². The molecule has 0 atom stereocenters. The Bertz CT molecular complexity index is 1280. The lowest BCUT2D eigenvalue weighted by Crippen LogP contribution is -2.43. The number of rotatable bonds is 6. The molecule has 4 N–H and O–H groups in total. The van der Waals surface area contributed by atoms with Gasteiger partial charge in [-0.05, 0) is 39.0 Å². The van der Waals surface area contributed by atoms with Crippen LogP contribution in [0.25, 0.3) is 11.2 Å². The summed E-state index contributed by atoms with van der Waals surface area (Å²) in [6, 6.07) is 3.93. The normalized spacial score (nSPS) is 14.1. The van der Waals surface area contributed by atoms with Gasteiger partial charge in [0.2, 0.25) is 5.91 Å². The van der Waals surface area contributed by atoms with E-state index in [-0.39, 0.29) is 29.8 Å². The van der Waals surface area contributed by atoms with Gasteiger partial charge in [-0.2, -0.15) is 0 Å². The zero-order chi connectivity index (χ0) is 25.2. The van der Waals surface area contributed by atoms with E-state index >= 15 is 0 Å². The quantitative estimate of drug-likeness (QED) is 0.399. The number of carbonyl (C=O) groups is 2. The predicted molar refractivity (Wildman–Crippen MR) is 129 cm³/mol. The molecule has 35 heavy (non-hydrogen) atoms. The Morgan fingerprint density at radius 1 is 1.23 bits per heavy atom. The van der Waals surface area contributed by atoms with Crippen LogP contribution in [0, 0.1) is 11.2 Å². The van der Waals surface area contributed by atoms with E-state index < -0.39 is 11.4 Å². The Kier molecular flexibility index (Phi) is 6.79. The van der Waals surface area contributed by atoms with Crippen LogP contribution < -0.4 is 10.6 Å². The molecule has 3 heterocycles. The number of carbonyl (C=O) groups excluding carboxylic acids is 2. The van der Waals surface area contributed by atoms with E-state index in [9.17, 15) is 14.0 Å². The van der Waals surface area contributed by atoms with Crippen LogP contribution in [0.5, 0.6) is 0 Å². The molecule has 0 unspecified atom stereocenters. The summed E-state index contributed by atoms with van der Waals surface area (Å²) in [5.74, 6) is -0.957. The van der Waals surface area contributed by atoms with Crippen LogP contribution in [-0.2, 0) is 9.53 Å². The van der Waals surface area contributed by atoms with E-state index in [0.717, 1.165) is 0 Å². The first-order chi connectivity index (χ1) is 16.6. The van der Waals surface area contributed by atoms with Crippen molar-refractivity contribution >= 4 is 34.4 Å². The molecule has 0 bridgehead atoms. The average molecular weight is 482 g/mol. The van der Waals surface area contributed by atoms with Crippen molar-refractivity contribution in [2.45, 2.75) is 26.3 Å². The summed E-state index contributed by atoms with van der Waals surface area (Å²) in [7, 11) is 0. The minimum atomic E-state index is -0.504. The molecule has 2 amide bonds. The molecule has 0 saturated carbocycles. The van der Waals surface area contributed by atoms with Gasteiger partial charge in [0.25, 0.3) is 5.91 Å². The fraction of sp³-hybridized carbons (Fsp3) is 0.375. The second-order valence-corrected chi connectivity index (χ2v) is 9.27. The summed E-state index contributed by atoms with van der Waals surface area (Å²) in [6.07, 6.45) is 2.94. The van der Waals surface area contributed by atoms with Crippen molar-refractivity contribution in [3.05, 3.63) is 53.2 Å². The number of benzene rings is 1. The zero-order valence-corrected chi connectivity index (χ0v) is 19.9. The van der Waals surface area contributed by atoms with Gasteiger partial charge >= 0.3 is 0 Å². The van der Waals surface area contributed by atoms with Crippen molar-refractivity contribution in [3.8, 4) is 0 Å². The minimum absolute atomic E-state index is 0.0240. The van der Waals surface area contributed by atoms with Gasteiger partial charge in [0.15, 0.2) is 5.65 Å². The van der Waals surface area contributed by atoms with Crippen molar-refractivity contribution in [3.63, 3.8) is 0 Å². The number of fused-ring (bicyclic) bond motifs is 1. The smallest absolute Gasteiger partial charge is 0.255 e. The summed E-state index contributed by atoms with van der Waals surface area (Å²) >= 11 is 0. The van der Waals surface area contributed by atoms with Gasteiger partial charge in [-0.1, -0.05) is 0 Å². The topological polar surface area (TPSA) is 136 Å². The SMILES string of the molecule is CC(C)(C)NC(=O)c1c[nH]c2ncc(C(=N)c3ccc(F)cc3NCC(=O)N3CCOCC3)nc12. The standard InChI is InChI=1S/C24H28FN7O3/c1-24(2,3)31-23(34)16-11-28-22-21(16)30-18(12-29-22)20(26)15-5-4-14(25)10-17(15)27-13-19(33)32-6-8-35-9-7-32/h4-5,10-12,26-27H,6-9,13H2,1-3H3,(H,28,29)(H,31,34). The third-order valence-electron chi connectivity index (χ3n) is 5.41. The van der Waals surface area contributed by atoms with Gasteiger partial charge in [-0.25, -0.2) is 14.4 Å². The molecule has 4 rings (SSSR count). The summed E-state index contributed by atoms with van der Waals surface area (Å²) in [5, 5.41) is 14.6. The van der Waals surface area contributed by atoms with Gasteiger partial charge in [0.1, 0.15) is 17.0 Å². The van der Waals surface area contributed by atoms with Crippen LogP contribution in [0.3, 0.4) is 0 Å². The lowest BCUT2D eigenvalue weighted by atomic mass is 10.0. The van der Waals surface area contributed by atoms with Gasteiger partial charge < -0.3 is 25.3 Å². The first-order valence-electron chi connectivity index (χ1n) is 11.3. The van der Waals surface area contributed by atoms with Gasteiger partial charge in [0, 0.05) is 36.1 Å². The molecular formula is C24H28FN7O3. The van der Waals surface area contributed by atoms with Crippen molar-refractivity contribution < 1.29 is 18.7 Å². The third-order valence-corrected chi connectivity index (χ3v) is 5.41. The Morgan fingerprint density at radius 2 is 1.97 bits per heavy atom. The first kappa shape index (κ1) is 24.3. The lowest BCUT2D eigenvalue weighted by Gasteiger charge is -2.27. The average Bonchev–Trinajstić information content (AvgIpc) is 3.25. The van der Waals surface area contributed by atoms with Crippen LogP contribution in [0.1, 0.15) is 42.4 Å². The number of anilines is 1. The number of amides is 2. The molecule has 1 saturated heterocycles.